The Morgan fingerprint density at radius 3 is 1.65 bits per heavy atom. The van der Waals surface area contributed by atoms with Gasteiger partial charge in [0.2, 0.25) is 11.9 Å². The third-order valence-corrected chi connectivity index (χ3v) is 1.79. The second-order valence-corrected chi connectivity index (χ2v) is 2.93. The van der Waals surface area contributed by atoms with Crippen LogP contribution in [0.5, 0.6) is 0 Å². The van der Waals surface area contributed by atoms with E-state index < -0.39 is 0 Å². The number of hydrogen-bond donors (Lipinski definition) is 2. The van der Waals surface area contributed by atoms with E-state index >= 15 is 0 Å². The molecule has 2 heterocycles. The topological polar surface area (TPSA) is 101 Å². The zero-order valence-electron chi connectivity index (χ0n) is 8.85. The first-order valence-corrected chi connectivity index (χ1v) is 4.78. The van der Waals surface area contributed by atoms with Crippen molar-refractivity contribution >= 4 is 11.9 Å². The fourth-order valence-electron chi connectivity index (χ4n) is 1.06. The van der Waals surface area contributed by atoms with Gasteiger partial charge in [0.25, 0.3) is 0 Å². The molecule has 2 aromatic heterocycles. The molecule has 8 nitrogen and oxygen atoms in total. The number of aromatic nitrogens is 6. The van der Waals surface area contributed by atoms with E-state index in [4.69, 9.17) is 0 Å². The van der Waals surface area contributed by atoms with Crippen molar-refractivity contribution in [2.24, 2.45) is 0 Å². The third-order valence-electron chi connectivity index (χ3n) is 1.79. The first-order chi connectivity index (χ1) is 8.38. The van der Waals surface area contributed by atoms with E-state index in [0.29, 0.717) is 11.9 Å². The normalized spacial score (nSPS) is 9.94. The predicted octanol–water partition coefficient (Wildman–Crippen LogP) is 0.0927. The Hall–Kier alpha value is -2.64. The van der Waals surface area contributed by atoms with Crippen LogP contribution in [-0.2, 0) is 0 Å². The van der Waals surface area contributed by atoms with Gasteiger partial charge < -0.3 is 10.6 Å². The molecule has 0 amide bonds. The van der Waals surface area contributed by atoms with Gasteiger partial charge in [0.15, 0.2) is 0 Å². The van der Waals surface area contributed by atoms with Gasteiger partial charge in [-0.2, -0.15) is 0 Å². The minimum Gasteiger partial charge on any atom is -0.331 e. The Labute approximate surface area is 97.3 Å². The Balaban J connectivity index is 2.01. The van der Waals surface area contributed by atoms with Crippen LogP contribution in [0.3, 0.4) is 0 Å². The molecule has 0 radical (unpaired) electrons. The van der Waals surface area contributed by atoms with Gasteiger partial charge >= 0.3 is 0 Å². The van der Waals surface area contributed by atoms with Crippen LogP contribution < -0.4 is 10.6 Å². The van der Waals surface area contributed by atoms with Gasteiger partial charge in [0, 0.05) is 0 Å². The lowest BCUT2D eigenvalue weighted by Crippen LogP contribution is -2.28. The summed E-state index contributed by atoms with van der Waals surface area (Å²) in [6.07, 6.45) is 6.96. The highest BCUT2D eigenvalue weighted by Gasteiger charge is 2.06. The number of nitrogens with one attached hydrogen (secondary N) is 2. The largest absolute Gasteiger partial charge is 0.331 e. The molecule has 2 rings (SSSR count). The lowest BCUT2D eigenvalue weighted by Gasteiger charge is -2.15. The van der Waals surface area contributed by atoms with E-state index in [1.807, 2.05) is 0 Å². The summed E-state index contributed by atoms with van der Waals surface area (Å²) in [5.74, 6) is 0.873. The molecular formula is C9H10N8. The molecule has 0 aliphatic rings. The van der Waals surface area contributed by atoms with Crippen molar-refractivity contribution in [1.29, 1.82) is 0 Å². The molecule has 0 fully saturated rings. The van der Waals surface area contributed by atoms with Crippen LogP contribution in [0.1, 0.15) is 0 Å². The lowest BCUT2D eigenvalue weighted by atomic mass is 10.5. The van der Waals surface area contributed by atoms with Crippen LogP contribution in [-0.4, -0.2) is 36.1 Å². The summed E-state index contributed by atoms with van der Waals surface area (Å²) in [6.45, 7) is 3.69. The summed E-state index contributed by atoms with van der Waals surface area (Å²) in [5, 5.41) is 5.97. The first-order valence-electron chi connectivity index (χ1n) is 4.78. The SMILES string of the molecule is C=CC(Nc1ncncn1)Nc1ncncn1. The van der Waals surface area contributed by atoms with Crippen molar-refractivity contribution in [3.63, 3.8) is 0 Å². The van der Waals surface area contributed by atoms with Crippen LogP contribution in [0, 0.1) is 0 Å². The zero-order valence-corrected chi connectivity index (χ0v) is 8.85. The van der Waals surface area contributed by atoms with Crippen LogP contribution in [0.15, 0.2) is 38.0 Å². The molecule has 86 valence electrons. The van der Waals surface area contributed by atoms with Crippen LogP contribution >= 0.6 is 0 Å². The fourth-order valence-corrected chi connectivity index (χ4v) is 1.06. The van der Waals surface area contributed by atoms with Crippen LogP contribution in [0.2, 0.25) is 0 Å². The highest BCUT2D eigenvalue weighted by Crippen LogP contribution is 2.01. The summed E-state index contributed by atoms with van der Waals surface area (Å²) < 4.78 is 0. The van der Waals surface area contributed by atoms with Gasteiger partial charge in [-0.15, -0.1) is 0 Å². The van der Waals surface area contributed by atoms with Gasteiger partial charge in [-0.1, -0.05) is 6.58 Å². The predicted molar refractivity (Wildman–Crippen MR) is 60.9 cm³/mol. The van der Waals surface area contributed by atoms with E-state index in [1.54, 1.807) is 6.08 Å². The molecule has 17 heavy (non-hydrogen) atoms. The molecular weight excluding hydrogens is 220 g/mol. The lowest BCUT2D eigenvalue weighted by molar-refractivity contribution is 0.915. The summed E-state index contributed by atoms with van der Waals surface area (Å²) in [7, 11) is 0. The van der Waals surface area contributed by atoms with Gasteiger partial charge in [-0.25, -0.2) is 29.9 Å². The zero-order chi connectivity index (χ0) is 11.9. The van der Waals surface area contributed by atoms with E-state index in [1.165, 1.54) is 25.3 Å². The first kappa shape index (κ1) is 10.9. The molecule has 0 saturated carbocycles. The molecule has 0 aliphatic heterocycles. The van der Waals surface area contributed by atoms with Crippen molar-refractivity contribution in [3.8, 4) is 0 Å². The highest BCUT2D eigenvalue weighted by molar-refractivity contribution is 5.34. The average Bonchev–Trinajstić information content (AvgIpc) is 2.40. The minimum atomic E-state index is -0.292. The van der Waals surface area contributed by atoms with Crippen molar-refractivity contribution in [1.82, 2.24) is 29.9 Å². The Morgan fingerprint density at radius 1 is 0.882 bits per heavy atom. The molecule has 0 spiro atoms. The summed E-state index contributed by atoms with van der Waals surface area (Å²) in [6, 6.07) is 0. The van der Waals surface area contributed by atoms with Gasteiger partial charge in [-0.05, 0) is 6.08 Å². The molecule has 0 bridgehead atoms. The van der Waals surface area contributed by atoms with Gasteiger partial charge in [0.1, 0.15) is 31.5 Å². The summed E-state index contributed by atoms with van der Waals surface area (Å²) in [4.78, 5) is 23.2. The highest BCUT2D eigenvalue weighted by atomic mass is 15.3. The third kappa shape index (κ3) is 3.16. The molecule has 0 saturated heterocycles. The monoisotopic (exact) mass is 230 g/mol. The molecule has 2 aromatic rings. The van der Waals surface area contributed by atoms with Crippen LogP contribution in [0.25, 0.3) is 0 Å². The number of nitrogens with zero attached hydrogens (tertiary/aromatic N) is 6. The van der Waals surface area contributed by atoms with E-state index in [2.05, 4.69) is 47.1 Å². The van der Waals surface area contributed by atoms with Crippen molar-refractivity contribution in [2.75, 3.05) is 10.6 Å². The van der Waals surface area contributed by atoms with Crippen molar-refractivity contribution in [2.45, 2.75) is 6.17 Å². The Kier molecular flexibility index (Phi) is 3.48. The van der Waals surface area contributed by atoms with Crippen molar-refractivity contribution in [3.05, 3.63) is 38.0 Å². The van der Waals surface area contributed by atoms with Gasteiger partial charge in [-0.3, -0.25) is 0 Å². The molecule has 0 aliphatic carbocycles. The smallest absolute Gasteiger partial charge is 0.227 e. The second-order valence-electron chi connectivity index (χ2n) is 2.93. The number of rotatable bonds is 5. The maximum atomic E-state index is 3.93. The summed E-state index contributed by atoms with van der Waals surface area (Å²) in [5.41, 5.74) is 0. The molecule has 2 N–H and O–H groups in total. The fraction of sp³-hybridized carbons (Fsp3) is 0.111. The molecule has 0 aromatic carbocycles. The number of hydrogen-bond acceptors (Lipinski definition) is 8. The number of anilines is 2. The molecule has 8 heteroatoms. The van der Waals surface area contributed by atoms with Crippen molar-refractivity contribution < 1.29 is 0 Å². The van der Waals surface area contributed by atoms with Crippen LogP contribution in [0.4, 0.5) is 11.9 Å². The Bertz CT molecular complexity index is 417. The van der Waals surface area contributed by atoms with Gasteiger partial charge in [0.05, 0.1) is 0 Å². The maximum absolute atomic E-state index is 3.93. The van der Waals surface area contributed by atoms with E-state index in [-0.39, 0.29) is 6.17 Å². The second kappa shape index (κ2) is 5.45. The minimum absolute atomic E-state index is 0.292. The van der Waals surface area contributed by atoms with E-state index in [9.17, 15) is 0 Å². The standard InChI is InChI=1S/C9H10N8/c1-2-7(16-8-12-3-10-4-13-8)17-9-14-5-11-6-15-9/h2-7H,1H2,(H,10,12,13,16)(H,11,14,15,17). The summed E-state index contributed by atoms with van der Waals surface area (Å²) >= 11 is 0. The quantitative estimate of drug-likeness (QED) is 0.550. The van der Waals surface area contributed by atoms with E-state index in [0.717, 1.165) is 0 Å². The molecule has 0 atom stereocenters. The average molecular weight is 230 g/mol. The molecule has 0 unspecified atom stereocenters. The maximum Gasteiger partial charge on any atom is 0.227 e. The Morgan fingerprint density at radius 2 is 1.29 bits per heavy atom.